The molecule has 2 rings (SSSR count). The third kappa shape index (κ3) is 3.85. The molecule has 5 nitrogen and oxygen atoms in total. The Bertz CT molecular complexity index is 729. The Balaban J connectivity index is 2.13. The maximum Gasteiger partial charge on any atom is 0.275 e. The molecule has 0 atom stereocenters. The van der Waals surface area contributed by atoms with Crippen LogP contribution in [0.1, 0.15) is 21.5 Å². The highest BCUT2D eigenvalue weighted by Crippen LogP contribution is 2.21. The molecule has 0 saturated carbocycles. The van der Waals surface area contributed by atoms with Crippen LogP contribution in [0.5, 0.6) is 11.5 Å². The van der Waals surface area contributed by atoms with Crippen molar-refractivity contribution in [3.05, 3.63) is 57.6 Å². The molecule has 0 aliphatic rings. The van der Waals surface area contributed by atoms with Crippen LogP contribution in [0.25, 0.3) is 0 Å². The number of amides is 1. The minimum absolute atomic E-state index is 0.0779. The molecular weight excluding hydrogens is 348 g/mol. The summed E-state index contributed by atoms with van der Waals surface area (Å²) in [5.74, 6) is 0.176. The summed E-state index contributed by atoms with van der Waals surface area (Å²) in [7, 11) is 1.51. The fourth-order valence-corrected chi connectivity index (χ4v) is 2.21. The number of halogens is 1. The van der Waals surface area contributed by atoms with Crippen LogP contribution >= 0.6 is 15.9 Å². The average molecular weight is 363 g/mol. The summed E-state index contributed by atoms with van der Waals surface area (Å²) in [6, 6.07) is 10.2. The van der Waals surface area contributed by atoms with Crippen molar-refractivity contribution in [3.8, 4) is 11.5 Å². The molecule has 0 aliphatic carbocycles. The first-order valence-corrected chi connectivity index (χ1v) is 7.27. The second-order valence-electron chi connectivity index (χ2n) is 4.61. The number of rotatable bonds is 4. The summed E-state index contributed by atoms with van der Waals surface area (Å²) in [4.78, 5) is 12.1. The first-order chi connectivity index (χ1) is 10.5. The van der Waals surface area contributed by atoms with E-state index in [1.54, 1.807) is 24.3 Å². The van der Waals surface area contributed by atoms with Gasteiger partial charge in [0.1, 0.15) is 11.5 Å². The van der Waals surface area contributed by atoms with Gasteiger partial charge < -0.3 is 9.84 Å². The smallest absolute Gasteiger partial charge is 0.275 e. The predicted octanol–water partition coefficient (Wildman–Crippen LogP) is 3.24. The number of hydrazone groups is 1. The largest absolute Gasteiger partial charge is 0.507 e. The lowest BCUT2D eigenvalue weighted by Crippen LogP contribution is -2.18. The van der Waals surface area contributed by atoms with E-state index in [2.05, 4.69) is 26.5 Å². The topological polar surface area (TPSA) is 70.9 Å². The molecule has 22 heavy (non-hydrogen) atoms. The van der Waals surface area contributed by atoms with E-state index in [0.717, 1.165) is 10.0 Å². The highest BCUT2D eigenvalue weighted by molar-refractivity contribution is 9.10. The van der Waals surface area contributed by atoms with E-state index in [1.807, 2.05) is 13.0 Å². The average Bonchev–Trinajstić information content (AvgIpc) is 2.50. The first kappa shape index (κ1) is 16.0. The van der Waals surface area contributed by atoms with Gasteiger partial charge >= 0.3 is 0 Å². The molecule has 2 aromatic carbocycles. The van der Waals surface area contributed by atoms with Gasteiger partial charge in [-0.2, -0.15) is 5.10 Å². The summed E-state index contributed by atoms with van der Waals surface area (Å²) >= 11 is 3.30. The van der Waals surface area contributed by atoms with Crippen molar-refractivity contribution >= 4 is 28.1 Å². The van der Waals surface area contributed by atoms with Crippen molar-refractivity contribution in [2.45, 2.75) is 6.92 Å². The number of phenolic OH excluding ortho intramolecular Hbond substituents is 1. The number of carbonyl (C=O) groups excluding carboxylic acids is 1. The van der Waals surface area contributed by atoms with Gasteiger partial charge in [0.05, 0.1) is 18.9 Å². The third-order valence-corrected chi connectivity index (χ3v) is 3.45. The molecule has 0 spiro atoms. The number of nitrogens with one attached hydrogen (secondary N) is 1. The number of hydrogen-bond acceptors (Lipinski definition) is 4. The first-order valence-electron chi connectivity index (χ1n) is 6.48. The number of benzene rings is 2. The molecule has 114 valence electrons. The highest BCUT2D eigenvalue weighted by Gasteiger charge is 2.11. The van der Waals surface area contributed by atoms with Gasteiger partial charge in [-0.25, -0.2) is 5.43 Å². The van der Waals surface area contributed by atoms with Crippen molar-refractivity contribution in [1.82, 2.24) is 5.43 Å². The number of phenols is 1. The predicted molar refractivity (Wildman–Crippen MR) is 88.6 cm³/mol. The van der Waals surface area contributed by atoms with Crippen LogP contribution in [0.4, 0.5) is 0 Å². The van der Waals surface area contributed by atoms with Crippen molar-refractivity contribution in [1.29, 1.82) is 0 Å². The quantitative estimate of drug-likeness (QED) is 0.647. The monoisotopic (exact) mass is 362 g/mol. The molecule has 0 fully saturated rings. The van der Waals surface area contributed by atoms with E-state index in [4.69, 9.17) is 4.74 Å². The van der Waals surface area contributed by atoms with Gasteiger partial charge in [-0.1, -0.05) is 22.0 Å². The Kier molecular flexibility index (Phi) is 5.16. The summed E-state index contributed by atoms with van der Waals surface area (Å²) in [6.45, 7) is 1.92. The molecule has 1 amide bonds. The Labute approximate surface area is 136 Å². The Morgan fingerprint density at radius 2 is 2.09 bits per heavy atom. The fraction of sp³-hybridized carbons (Fsp3) is 0.125. The summed E-state index contributed by atoms with van der Waals surface area (Å²) < 4.78 is 5.99. The van der Waals surface area contributed by atoms with Gasteiger partial charge in [0.15, 0.2) is 0 Å². The van der Waals surface area contributed by atoms with E-state index < -0.39 is 0 Å². The number of aromatic hydroxyl groups is 1. The Morgan fingerprint density at radius 3 is 2.82 bits per heavy atom. The van der Waals surface area contributed by atoms with E-state index in [9.17, 15) is 9.90 Å². The van der Waals surface area contributed by atoms with Crippen molar-refractivity contribution in [2.24, 2.45) is 5.10 Å². The highest BCUT2D eigenvalue weighted by atomic mass is 79.9. The lowest BCUT2D eigenvalue weighted by molar-refractivity contribution is 0.0952. The molecule has 0 saturated heterocycles. The van der Waals surface area contributed by atoms with Gasteiger partial charge in [0.2, 0.25) is 0 Å². The van der Waals surface area contributed by atoms with E-state index >= 15 is 0 Å². The number of ether oxygens (including phenoxy) is 1. The van der Waals surface area contributed by atoms with Crippen molar-refractivity contribution < 1.29 is 14.6 Å². The van der Waals surface area contributed by atoms with Crippen LogP contribution in [-0.2, 0) is 0 Å². The van der Waals surface area contributed by atoms with Gasteiger partial charge in [-0.05, 0) is 42.8 Å². The Morgan fingerprint density at radius 1 is 1.32 bits per heavy atom. The van der Waals surface area contributed by atoms with Gasteiger partial charge in [0.25, 0.3) is 5.91 Å². The number of aryl methyl sites for hydroxylation is 1. The molecule has 0 aromatic heterocycles. The minimum atomic E-state index is -0.386. The van der Waals surface area contributed by atoms with Gasteiger partial charge in [-0.15, -0.1) is 0 Å². The van der Waals surface area contributed by atoms with Crippen LogP contribution < -0.4 is 10.2 Å². The van der Waals surface area contributed by atoms with E-state index in [-0.39, 0.29) is 11.7 Å². The van der Waals surface area contributed by atoms with Crippen molar-refractivity contribution in [2.75, 3.05) is 7.11 Å². The molecular formula is C16H15BrN2O3. The summed E-state index contributed by atoms with van der Waals surface area (Å²) in [6.07, 6.45) is 1.37. The van der Waals surface area contributed by atoms with Crippen molar-refractivity contribution in [3.63, 3.8) is 0 Å². The molecule has 2 aromatic rings. The van der Waals surface area contributed by atoms with Crippen LogP contribution in [-0.4, -0.2) is 24.3 Å². The number of methoxy groups -OCH3 is 1. The second-order valence-corrected chi connectivity index (χ2v) is 5.52. The van der Waals surface area contributed by atoms with E-state index in [1.165, 1.54) is 19.4 Å². The number of hydrogen-bond donors (Lipinski definition) is 2. The zero-order chi connectivity index (χ0) is 16.1. The van der Waals surface area contributed by atoms with E-state index in [0.29, 0.717) is 16.9 Å². The molecule has 0 bridgehead atoms. The van der Waals surface area contributed by atoms with Crippen LogP contribution in [0, 0.1) is 6.92 Å². The van der Waals surface area contributed by atoms with Gasteiger partial charge in [0, 0.05) is 10.0 Å². The van der Waals surface area contributed by atoms with Crippen LogP contribution in [0.2, 0.25) is 0 Å². The standard InChI is InChI=1S/C16H15BrN2O3/c1-10-3-5-13(15(7-10)22-2)16(21)19-18-9-11-8-12(17)4-6-14(11)20/h3-9,20H,1-2H3,(H,19,21)/b18-9-. The Hall–Kier alpha value is -2.34. The third-order valence-electron chi connectivity index (χ3n) is 2.96. The summed E-state index contributed by atoms with van der Waals surface area (Å²) in [5.41, 5.74) is 4.29. The zero-order valence-electron chi connectivity index (χ0n) is 12.1. The zero-order valence-corrected chi connectivity index (χ0v) is 13.7. The second kappa shape index (κ2) is 7.09. The molecule has 2 N–H and O–H groups in total. The normalized spacial score (nSPS) is 10.7. The molecule has 0 heterocycles. The maximum atomic E-state index is 12.1. The molecule has 0 unspecified atom stereocenters. The van der Waals surface area contributed by atoms with Crippen LogP contribution in [0.3, 0.4) is 0 Å². The molecule has 0 aliphatic heterocycles. The number of nitrogens with zero attached hydrogens (tertiary/aromatic N) is 1. The number of carbonyl (C=O) groups is 1. The lowest BCUT2D eigenvalue weighted by Gasteiger charge is -2.07. The SMILES string of the molecule is COc1cc(C)ccc1C(=O)N/N=C\c1cc(Br)ccc1O. The maximum absolute atomic E-state index is 12.1. The van der Waals surface area contributed by atoms with Gasteiger partial charge in [-0.3, -0.25) is 4.79 Å². The lowest BCUT2D eigenvalue weighted by atomic mass is 10.1. The summed E-state index contributed by atoms with van der Waals surface area (Å²) in [5, 5.41) is 13.5. The fourth-order valence-electron chi connectivity index (χ4n) is 1.84. The minimum Gasteiger partial charge on any atom is -0.507 e. The van der Waals surface area contributed by atoms with Crippen LogP contribution in [0.15, 0.2) is 46.0 Å². The molecule has 6 heteroatoms. The molecule has 0 radical (unpaired) electrons.